The number of aliphatic hydroxyl groups is 2. The van der Waals surface area contributed by atoms with Crippen molar-refractivity contribution in [1.82, 2.24) is 5.32 Å². The molecule has 0 radical (unpaired) electrons. The molecule has 1 aromatic rings. The average molecular weight is 281 g/mol. The Kier molecular flexibility index (Phi) is 5.98. The minimum absolute atomic E-state index is 0.0695. The van der Waals surface area contributed by atoms with Gasteiger partial charge in [-0.25, -0.2) is 4.79 Å². The summed E-state index contributed by atoms with van der Waals surface area (Å²) in [6, 6.07) is 9.31. The number of ether oxygens (including phenoxy) is 1. The van der Waals surface area contributed by atoms with Crippen LogP contribution in [0.4, 0.5) is 4.79 Å². The summed E-state index contributed by atoms with van der Waals surface area (Å²) in [5.41, 5.74) is -0.503. The summed E-state index contributed by atoms with van der Waals surface area (Å²) in [5.74, 6) is -0.105. The first kappa shape index (κ1) is 16.5. The van der Waals surface area contributed by atoms with Gasteiger partial charge >= 0.3 is 6.09 Å². The van der Waals surface area contributed by atoms with Crippen molar-refractivity contribution in [3.8, 4) is 0 Å². The summed E-state index contributed by atoms with van der Waals surface area (Å²) in [5, 5.41) is 22.4. The van der Waals surface area contributed by atoms with E-state index in [-0.39, 0.29) is 19.1 Å². The van der Waals surface area contributed by atoms with Crippen LogP contribution < -0.4 is 5.32 Å². The summed E-state index contributed by atoms with van der Waals surface area (Å²) in [6.45, 7) is 5.18. The molecule has 0 unspecified atom stereocenters. The smallest absolute Gasteiger partial charge is 0.407 e. The SMILES string of the molecule is CC(C)[C@@H](O)[C@@](C)(O)CNC(=O)OCc1ccccc1. The molecule has 0 bridgehead atoms. The zero-order chi connectivity index (χ0) is 15.2. The second-order valence-electron chi connectivity index (χ2n) is 5.46. The molecule has 0 saturated carbocycles. The Bertz CT molecular complexity index is 417. The average Bonchev–Trinajstić information content (AvgIpc) is 2.43. The zero-order valence-corrected chi connectivity index (χ0v) is 12.2. The van der Waals surface area contributed by atoms with Crippen molar-refractivity contribution in [2.24, 2.45) is 5.92 Å². The van der Waals surface area contributed by atoms with Crippen LogP contribution in [0.5, 0.6) is 0 Å². The van der Waals surface area contributed by atoms with Crippen LogP contribution in [-0.2, 0) is 11.3 Å². The van der Waals surface area contributed by atoms with Crippen molar-refractivity contribution in [3.05, 3.63) is 35.9 Å². The van der Waals surface area contributed by atoms with Crippen LogP contribution in [0.25, 0.3) is 0 Å². The van der Waals surface area contributed by atoms with Crippen molar-refractivity contribution in [1.29, 1.82) is 0 Å². The van der Waals surface area contributed by atoms with E-state index in [2.05, 4.69) is 5.32 Å². The lowest BCUT2D eigenvalue weighted by molar-refractivity contribution is -0.0797. The second-order valence-corrected chi connectivity index (χ2v) is 5.46. The number of hydrogen-bond acceptors (Lipinski definition) is 4. The molecule has 3 N–H and O–H groups in total. The fourth-order valence-electron chi connectivity index (χ4n) is 1.85. The van der Waals surface area contributed by atoms with Crippen LogP contribution in [0.2, 0.25) is 0 Å². The Hall–Kier alpha value is -1.59. The molecule has 5 nitrogen and oxygen atoms in total. The summed E-state index contributed by atoms with van der Waals surface area (Å²) in [7, 11) is 0. The van der Waals surface area contributed by atoms with Gasteiger partial charge in [0.05, 0.1) is 12.6 Å². The molecule has 2 atom stereocenters. The number of amides is 1. The molecule has 0 aliphatic carbocycles. The highest BCUT2D eigenvalue weighted by molar-refractivity contribution is 5.67. The summed E-state index contributed by atoms with van der Waals surface area (Å²) in [6.07, 6.45) is -1.54. The molecule has 1 amide bonds. The number of alkyl carbamates (subject to hydrolysis) is 1. The predicted molar refractivity (Wildman–Crippen MR) is 76.1 cm³/mol. The van der Waals surface area contributed by atoms with Gasteiger partial charge in [0.2, 0.25) is 0 Å². The zero-order valence-electron chi connectivity index (χ0n) is 12.2. The molecule has 5 heteroatoms. The maximum absolute atomic E-state index is 11.5. The fourth-order valence-corrected chi connectivity index (χ4v) is 1.85. The van der Waals surface area contributed by atoms with Crippen molar-refractivity contribution in [2.45, 2.75) is 39.1 Å². The molecule has 0 aliphatic rings. The van der Waals surface area contributed by atoms with Gasteiger partial charge in [-0.3, -0.25) is 0 Å². The minimum atomic E-state index is -1.39. The van der Waals surface area contributed by atoms with Gasteiger partial charge in [-0.1, -0.05) is 44.2 Å². The van der Waals surface area contributed by atoms with Crippen LogP contribution in [-0.4, -0.2) is 34.6 Å². The third-order valence-electron chi connectivity index (χ3n) is 3.07. The predicted octanol–water partition coefficient (Wildman–Crippen LogP) is 1.68. The molecule has 20 heavy (non-hydrogen) atoms. The lowest BCUT2D eigenvalue weighted by Crippen LogP contribution is -2.51. The Morgan fingerprint density at radius 2 is 1.95 bits per heavy atom. The first-order chi connectivity index (χ1) is 9.33. The minimum Gasteiger partial charge on any atom is -0.445 e. The summed E-state index contributed by atoms with van der Waals surface area (Å²) in [4.78, 5) is 11.5. The number of hydrogen-bond donors (Lipinski definition) is 3. The van der Waals surface area contributed by atoms with E-state index in [0.29, 0.717) is 0 Å². The topological polar surface area (TPSA) is 78.8 Å². The molecule has 0 aliphatic heterocycles. The van der Waals surface area contributed by atoms with Crippen LogP contribution in [0.3, 0.4) is 0 Å². The van der Waals surface area contributed by atoms with Gasteiger partial charge in [0.25, 0.3) is 0 Å². The number of carbonyl (C=O) groups excluding carboxylic acids is 1. The van der Waals surface area contributed by atoms with Crippen molar-refractivity contribution in [2.75, 3.05) is 6.54 Å². The molecule has 112 valence electrons. The summed E-state index contributed by atoms with van der Waals surface area (Å²) < 4.78 is 5.02. The largest absolute Gasteiger partial charge is 0.445 e. The lowest BCUT2D eigenvalue weighted by Gasteiger charge is -2.31. The molecule has 0 heterocycles. The highest BCUT2D eigenvalue weighted by atomic mass is 16.5. The third-order valence-corrected chi connectivity index (χ3v) is 3.07. The molecular weight excluding hydrogens is 258 g/mol. The molecule has 1 rings (SSSR count). The Morgan fingerprint density at radius 1 is 1.35 bits per heavy atom. The van der Waals surface area contributed by atoms with Crippen molar-refractivity contribution < 1.29 is 19.7 Å². The number of aliphatic hydroxyl groups excluding tert-OH is 1. The van der Waals surface area contributed by atoms with E-state index in [1.54, 1.807) is 13.8 Å². The van der Waals surface area contributed by atoms with E-state index >= 15 is 0 Å². The maximum Gasteiger partial charge on any atom is 0.407 e. The van der Waals surface area contributed by atoms with Gasteiger partial charge in [-0.05, 0) is 18.4 Å². The van der Waals surface area contributed by atoms with E-state index in [4.69, 9.17) is 4.74 Å². The Morgan fingerprint density at radius 3 is 2.50 bits per heavy atom. The first-order valence-electron chi connectivity index (χ1n) is 6.68. The molecular formula is C15H23NO4. The third kappa shape index (κ3) is 5.19. The van der Waals surface area contributed by atoms with Gasteiger partial charge < -0.3 is 20.3 Å². The maximum atomic E-state index is 11.5. The Balaban J connectivity index is 2.36. The standard InChI is InChI=1S/C15H23NO4/c1-11(2)13(17)15(3,19)10-16-14(18)20-9-12-7-5-4-6-8-12/h4-8,11,13,17,19H,9-10H2,1-3H3,(H,16,18)/t13-,15+/m1/s1. The van der Waals surface area contributed by atoms with Crippen LogP contribution in [0.1, 0.15) is 26.3 Å². The first-order valence-corrected chi connectivity index (χ1v) is 6.68. The number of rotatable bonds is 6. The number of benzene rings is 1. The highest BCUT2D eigenvalue weighted by Gasteiger charge is 2.33. The highest BCUT2D eigenvalue weighted by Crippen LogP contribution is 2.16. The van der Waals surface area contributed by atoms with Crippen LogP contribution >= 0.6 is 0 Å². The number of carbonyl (C=O) groups is 1. The van der Waals surface area contributed by atoms with E-state index in [1.165, 1.54) is 6.92 Å². The van der Waals surface area contributed by atoms with Gasteiger partial charge in [0.15, 0.2) is 0 Å². The van der Waals surface area contributed by atoms with Crippen molar-refractivity contribution >= 4 is 6.09 Å². The van der Waals surface area contributed by atoms with Crippen molar-refractivity contribution in [3.63, 3.8) is 0 Å². The lowest BCUT2D eigenvalue weighted by atomic mass is 9.90. The quantitative estimate of drug-likeness (QED) is 0.741. The second kappa shape index (κ2) is 7.26. The van der Waals surface area contributed by atoms with E-state index < -0.39 is 17.8 Å². The van der Waals surface area contributed by atoms with Crippen LogP contribution in [0.15, 0.2) is 30.3 Å². The normalized spacial score (nSPS) is 15.5. The molecule has 0 spiro atoms. The van der Waals surface area contributed by atoms with Gasteiger partial charge in [0.1, 0.15) is 12.2 Å². The van der Waals surface area contributed by atoms with E-state index in [9.17, 15) is 15.0 Å². The summed E-state index contributed by atoms with van der Waals surface area (Å²) >= 11 is 0. The Labute approximate surface area is 119 Å². The van der Waals surface area contributed by atoms with Gasteiger partial charge in [-0.2, -0.15) is 0 Å². The molecule has 0 aromatic heterocycles. The van der Waals surface area contributed by atoms with Crippen LogP contribution in [0, 0.1) is 5.92 Å². The molecule has 0 fully saturated rings. The fraction of sp³-hybridized carbons (Fsp3) is 0.533. The van der Waals surface area contributed by atoms with E-state index in [0.717, 1.165) is 5.56 Å². The molecule has 1 aromatic carbocycles. The van der Waals surface area contributed by atoms with Gasteiger partial charge in [0, 0.05) is 0 Å². The van der Waals surface area contributed by atoms with E-state index in [1.807, 2.05) is 30.3 Å². The monoisotopic (exact) mass is 281 g/mol. The number of nitrogens with one attached hydrogen (secondary N) is 1. The van der Waals surface area contributed by atoms with Gasteiger partial charge in [-0.15, -0.1) is 0 Å². The molecule has 0 saturated heterocycles.